The Bertz CT molecular complexity index is 272. The molecule has 0 saturated carbocycles. The van der Waals surface area contributed by atoms with Gasteiger partial charge in [-0.2, -0.15) is 26.3 Å². The topological polar surface area (TPSA) is 136 Å². The van der Waals surface area contributed by atoms with Crippen LogP contribution < -0.4 is 0 Å². The first kappa shape index (κ1) is 42.8. The monoisotopic (exact) mass is 489 g/mol. The van der Waals surface area contributed by atoms with E-state index in [1.54, 1.807) is 0 Å². The molecule has 0 rings (SSSR count). The van der Waals surface area contributed by atoms with Gasteiger partial charge in [-0.3, -0.25) is 0 Å². The van der Waals surface area contributed by atoms with Gasteiger partial charge in [-0.05, 0) is 0 Å². The van der Waals surface area contributed by atoms with Crippen molar-refractivity contribution in [2.75, 3.05) is 0 Å². The summed E-state index contributed by atoms with van der Waals surface area (Å²) in [6.45, 7) is 11.1. The van der Waals surface area contributed by atoms with E-state index in [1.165, 1.54) is 0 Å². The molecule has 23 heavy (non-hydrogen) atoms. The molecule has 0 aromatic carbocycles. The van der Waals surface area contributed by atoms with Gasteiger partial charge in [-0.15, -0.1) is 0 Å². The standard InChI is InChI=1S/5C3H5N.CH2O.W/c5*1-2-3-4;1-2;/h5*2H2,1H3;1H2;. The van der Waals surface area contributed by atoms with Gasteiger partial charge in [0.25, 0.3) is 0 Å². The summed E-state index contributed by atoms with van der Waals surface area (Å²) < 4.78 is 0. The molecular formula is C16H27N5OW. The molecule has 0 N–H and O–H groups in total. The molecule has 0 unspecified atom stereocenters. The van der Waals surface area contributed by atoms with Crippen LogP contribution >= 0.6 is 0 Å². The van der Waals surface area contributed by atoms with E-state index in [4.69, 9.17) is 31.1 Å². The Labute approximate surface area is 156 Å². The van der Waals surface area contributed by atoms with Gasteiger partial charge in [-0.1, -0.05) is 34.6 Å². The molecule has 0 amide bonds. The fraction of sp³-hybridized carbons (Fsp3) is 0.625. The zero-order valence-corrected chi connectivity index (χ0v) is 17.7. The number of nitrogens with zero attached hydrogens (tertiary/aromatic N) is 5. The number of carbonyl (C=O) groups is 1. The Hall–Kier alpha value is -2.19. The van der Waals surface area contributed by atoms with Gasteiger partial charge < -0.3 is 4.79 Å². The second-order valence-corrected chi connectivity index (χ2v) is 2.56. The van der Waals surface area contributed by atoms with Gasteiger partial charge in [0.2, 0.25) is 0 Å². The van der Waals surface area contributed by atoms with Crippen LogP contribution in [0.3, 0.4) is 0 Å². The Kier molecular flexibility index (Phi) is 214. The zero-order chi connectivity index (χ0) is 19.1. The average Bonchev–Trinajstić information content (AvgIpc) is 2.63. The van der Waals surface area contributed by atoms with E-state index >= 15 is 0 Å². The van der Waals surface area contributed by atoms with E-state index in [1.807, 2.05) is 71.8 Å². The molecular weight excluding hydrogens is 462 g/mol. The molecule has 128 valence electrons. The van der Waals surface area contributed by atoms with Crippen LogP contribution in [0.25, 0.3) is 0 Å². The van der Waals surface area contributed by atoms with E-state index in [2.05, 4.69) is 0 Å². The van der Waals surface area contributed by atoms with Crippen molar-refractivity contribution in [3.63, 3.8) is 0 Å². The molecule has 0 aliphatic heterocycles. The Morgan fingerprint density at radius 3 is 0.565 bits per heavy atom. The van der Waals surface area contributed by atoms with E-state index < -0.39 is 0 Å². The minimum absolute atomic E-state index is 0. The smallest absolute Gasteiger partial charge is 0.106 e. The molecule has 0 saturated heterocycles. The third kappa shape index (κ3) is 797. The summed E-state index contributed by atoms with van der Waals surface area (Å²) in [6.07, 6.45) is 3.12. The molecule has 0 aliphatic carbocycles. The second kappa shape index (κ2) is 115. The first-order valence-corrected chi connectivity index (χ1v) is 6.71. The number of hydrogen-bond donors (Lipinski definition) is 0. The van der Waals surface area contributed by atoms with Crippen LogP contribution in [0, 0.1) is 56.7 Å². The van der Waals surface area contributed by atoms with Crippen molar-refractivity contribution in [1.82, 2.24) is 0 Å². The Balaban J connectivity index is -0.0000000268. The van der Waals surface area contributed by atoms with Crippen molar-refractivity contribution in [1.29, 1.82) is 26.3 Å². The first-order chi connectivity index (χ1) is 10.6. The van der Waals surface area contributed by atoms with Gasteiger partial charge in [0, 0.05) is 53.2 Å². The predicted octanol–water partition coefficient (Wildman–Crippen LogP) is 4.41. The summed E-state index contributed by atoms with van der Waals surface area (Å²) in [4.78, 5) is 8.00. The van der Waals surface area contributed by atoms with Crippen LogP contribution in [0.1, 0.15) is 66.7 Å². The van der Waals surface area contributed by atoms with Crippen molar-refractivity contribution in [3.05, 3.63) is 0 Å². The van der Waals surface area contributed by atoms with Gasteiger partial charge in [0.05, 0.1) is 30.3 Å². The number of carbonyl (C=O) groups excluding carboxylic acids is 1. The maximum absolute atomic E-state index is 8.00. The fourth-order valence-corrected chi connectivity index (χ4v) is 0. The Morgan fingerprint density at radius 2 is 0.565 bits per heavy atom. The molecule has 0 aromatic heterocycles. The van der Waals surface area contributed by atoms with Crippen LogP contribution in [-0.4, -0.2) is 6.79 Å². The molecule has 7 heteroatoms. The maximum Gasteiger partial charge on any atom is 0.106 e. The SMILES string of the molecule is C=O.CCC#N.CCC#N.CCC#N.CCC#N.CCC#N.[W]. The zero-order valence-electron chi connectivity index (χ0n) is 14.8. The van der Waals surface area contributed by atoms with Gasteiger partial charge in [0.1, 0.15) is 6.79 Å². The molecule has 0 aliphatic rings. The van der Waals surface area contributed by atoms with Crippen LogP contribution in [0.4, 0.5) is 0 Å². The summed E-state index contributed by atoms with van der Waals surface area (Å²) in [5, 5.41) is 38.1. The number of nitriles is 5. The van der Waals surface area contributed by atoms with Crippen molar-refractivity contribution in [2.24, 2.45) is 0 Å². The van der Waals surface area contributed by atoms with Crippen molar-refractivity contribution >= 4 is 6.79 Å². The molecule has 0 bridgehead atoms. The molecule has 0 heterocycles. The van der Waals surface area contributed by atoms with Crippen molar-refractivity contribution in [3.8, 4) is 30.3 Å². The predicted molar refractivity (Wildman–Crippen MR) is 86.6 cm³/mol. The molecule has 0 spiro atoms. The molecule has 0 fully saturated rings. The van der Waals surface area contributed by atoms with Crippen molar-refractivity contribution in [2.45, 2.75) is 66.7 Å². The third-order valence-corrected chi connectivity index (χ3v) is 0.791. The quantitative estimate of drug-likeness (QED) is 0.494. The fourth-order valence-electron chi connectivity index (χ4n) is 0. The summed E-state index contributed by atoms with van der Waals surface area (Å²) >= 11 is 0. The Morgan fingerprint density at radius 1 is 0.522 bits per heavy atom. The summed E-state index contributed by atoms with van der Waals surface area (Å²) in [6, 6.07) is 9.65. The summed E-state index contributed by atoms with van der Waals surface area (Å²) in [5.74, 6) is 0. The van der Waals surface area contributed by atoms with Crippen LogP contribution in [0.2, 0.25) is 0 Å². The van der Waals surface area contributed by atoms with Gasteiger partial charge in [0.15, 0.2) is 0 Å². The normalized spacial score (nSPS) is 4.52. The maximum atomic E-state index is 8.00. The largest absolute Gasteiger partial charge is 0.307 e. The van der Waals surface area contributed by atoms with Gasteiger partial charge >= 0.3 is 0 Å². The molecule has 0 aromatic rings. The summed E-state index contributed by atoms with van der Waals surface area (Å²) in [7, 11) is 0. The van der Waals surface area contributed by atoms with Crippen LogP contribution in [-0.2, 0) is 25.9 Å². The minimum Gasteiger partial charge on any atom is -0.307 e. The van der Waals surface area contributed by atoms with E-state index in [-0.39, 0.29) is 21.1 Å². The van der Waals surface area contributed by atoms with Gasteiger partial charge in [-0.25, -0.2) is 0 Å². The van der Waals surface area contributed by atoms with Crippen LogP contribution in [0.15, 0.2) is 0 Å². The minimum atomic E-state index is 0. The van der Waals surface area contributed by atoms with E-state index in [9.17, 15) is 0 Å². The number of hydrogen-bond acceptors (Lipinski definition) is 6. The molecule has 0 atom stereocenters. The van der Waals surface area contributed by atoms with Crippen molar-refractivity contribution < 1.29 is 25.9 Å². The molecule has 6 nitrogen and oxygen atoms in total. The third-order valence-electron chi connectivity index (χ3n) is 0.791. The number of rotatable bonds is 0. The van der Waals surface area contributed by atoms with Crippen LogP contribution in [0.5, 0.6) is 0 Å². The second-order valence-electron chi connectivity index (χ2n) is 2.56. The average molecular weight is 489 g/mol. The first-order valence-electron chi connectivity index (χ1n) is 6.71. The summed E-state index contributed by atoms with van der Waals surface area (Å²) in [5.41, 5.74) is 0. The van der Waals surface area contributed by atoms with E-state index in [0.717, 1.165) is 0 Å². The molecule has 0 radical (unpaired) electrons. The van der Waals surface area contributed by atoms with E-state index in [0.29, 0.717) is 32.1 Å².